The first kappa shape index (κ1) is 28.6. The largest absolute Gasteiger partial charge is 0.467 e. The van der Waals surface area contributed by atoms with Crippen LogP contribution in [0.15, 0.2) is 35.2 Å². The molecule has 2 aliphatic heterocycles. The van der Waals surface area contributed by atoms with Crippen molar-refractivity contribution >= 4 is 40.6 Å². The Hall–Kier alpha value is -1.02. The number of ether oxygens (including phenoxy) is 2. The maximum absolute atomic E-state index is 13.9. The zero-order chi connectivity index (χ0) is 26.1. The molecule has 2 heterocycles. The van der Waals surface area contributed by atoms with E-state index in [2.05, 4.69) is 55.4 Å². The van der Waals surface area contributed by atoms with E-state index in [0.717, 1.165) is 4.90 Å². The van der Waals surface area contributed by atoms with Gasteiger partial charge < -0.3 is 22.4 Å². The molecule has 4 atom stereocenters. The third-order valence-electron chi connectivity index (χ3n) is 6.97. The van der Waals surface area contributed by atoms with Gasteiger partial charge in [0.15, 0.2) is 11.5 Å². The van der Waals surface area contributed by atoms with Crippen LogP contribution in [-0.4, -0.2) is 59.7 Å². The van der Waals surface area contributed by atoms with Gasteiger partial charge in [-0.05, 0) is 34.3 Å². The van der Waals surface area contributed by atoms with Crippen molar-refractivity contribution in [3.8, 4) is 0 Å². The zero-order valence-corrected chi connectivity index (χ0v) is 25.1. The summed E-state index contributed by atoms with van der Waals surface area (Å²) in [5.41, 5.74) is -0.647. The maximum Gasteiger partial charge on any atom is 0.337 e. The molecule has 0 saturated carbocycles. The molecular weight excluding hydrogens is 501 g/mol. The summed E-state index contributed by atoms with van der Waals surface area (Å²) in [6.45, 7) is 16.8. The highest BCUT2D eigenvalue weighted by Gasteiger charge is 2.65. The second-order valence-electron chi connectivity index (χ2n) is 10.5. The molecule has 1 aromatic rings. The molecule has 2 saturated heterocycles. The number of carbonyl (C=O) groups is 2. The average molecular weight is 541 g/mol. The van der Waals surface area contributed by atoms with Crippen molar-refractivity contribution in [1.29, 1.82) is 0 Å². The van der Waals surface area contributed by atoms with Crippen molar-refractivity contribution in [3.05, 3.63) is 30.3 Å². The number of rotatable bonds is 7. The van der Waals surface area contributed by atoms with Crippen molar-refractivity contribution in [1.82, 2.24) is 0 Å². The van der Waals surface area contributed by atoms with Crippen LogP contribution in [0.1, 0.15) is 55.4 Å². The lowest BCUT2D eigenvalue weighted by atomic mass is 10.0. The van der Waals surface area contributed by atoms with E-state index in [1.807, 2.05) is 30.3 Å². The van der Waals surface area contributed by atoms with Gasteiger partial charge in [0.1, 0.15) is 12.2 Å². The van der Waals surface area contributed by atoms with Crippen molar-refractivity contribution in [3.63, 3.8) is 0 Å². The fourth-order valence-electron chi connectivity index (χ4n) is 5.05. The van der Waals surface area contributed by atoms with E-state index in [9.17, 15) is 9.59 Å². The molecule has 2 fully saturated rings. The van der Waals surface area contributed by atoms with Crippen LogP contribution in [0.25, 0.3) is 0 Å². The molecule has 2 aliphatic rings. The summed E-state index contributed by atoms with van der Waals surface area (Å²) in [6, 6.07) is 9.52. The predicted octanol–water partition coefficient (Wildman–Crippen LogP) is 5.57. The van der Waals surface area contributed by atoms with Crippen LogP contribution in [0.4, 0.5) is 0 Å². The molecule has 1 aromatic carbocycles. The first-order chi connectivity index (χ1) is 16.4. The Morgan fingerprint density at radius 1 is 0.886 bits per heavy atom. The standard InChI is InChI=1S/C25H40O7SSi2/c1-15(2)34(16(3)4)30-21-20(26)25(33-19-13-11-10-12-14-19)29-23(24(27)28-9)22(21)31-35(32-34,17(5)6)18(7)8/h10-18,21-23,25H,1-9H3/t21-,22+,23+,25+/m1/s1. The topological polar surface area (TPSA) is 80.3 Å². The first-order valence-corrected chi connectivity index (χ1v) is 17.3. The highest BCUT2D eigenvalue weighted by Crippen LogP contribution is 2.49. The lowest BCUT2D eigenvalue weighted by Crippen LogP contribution is -2.61. The summed E-state index contributed by atoms with van der Waals surface area (Å²) in [5.74, 6) is -0.809. The smallest absolute Gasteiger partial charge is 0.337 e. The van der Waals surface area contributed by atoms with Gasteiger partial charge >= 0.3 is 23.1 Å². The summed E-state index contributed by atoms with van der Waals surface area (Å²) < 4.78 is 32.1. The number of ketones is 1. The molecule has 0 amide bonds. The van der Waals surface area contributed by atoms with Gasteiger partial charge in [-0.25, -0.2) is 4.79 Å². The number of benzene rings is 1. The van der Waals surface area contributed by atoms with E-state index in [1.165, 1.54) is 18.9 Å². The summed E-state index contributed by atoms with van der Waals surface area (Å²) in [6.07, 6.45) is -3.00. The Balaban J connectivity index is 2.16. The Bertz CT molecular complexity index is 877. The first-order valence-electron chi connectivity index (χ1n) is 12.4. The van der Waals surface area contributed by atoms with Gasteiger partial charge in [0, 0.05) is 4.90 Å². The molecule has 10 heteroatoms. The lowest BCUT2D eigenvalue weighted by molar-refractivity contribution is -0.183. The highest BCUT2D eigenvalue weighted by atomic mass is 32.2. The van der Waals surface area contributed by atoms with Gasteiger partial charge in [-0.2, -0.15) is 0 Å². The van der Waals surface area contributed by atoms with Crippen LogP contribution in [0.3, 0.4) is 0 Å². The predicted molar refractivity (Wildman–Crippen MR) is 141 cm³/mol. The molecule has 0 unspecified atom stereocenters. The number of hydrogen-bond donors (Lipinski definition) is 0. The van der Waals surface area contributed by atoms with Crippen LogP contribution < -0.4 is 0 Å². The van der Waals surface area contributed by atoms with Crippen LogP contribution in [-0.2, 0) is 32.0 Å². The highest BCUT2D eigenvalue weighted by molar-refractivity contribution is 8.00. The molecule has 196 valence electrons. The van der Waals surface area contributed by atoms with Gasteiger partial charge in [0.25, 0.3) is 0 Å². The second-order valence-corrected chi connectivity index (χ2v) is 20.5. The molecule has 0 aliphatic carbocycles. The van der Waals surface area contributed by atoms with Crippen LogP contribution >= 0.6 is 11.8 Å². The average Bonchev–Trinajstić information content (AvgIpc) is 2.98. The number of carbonyl (C=O) groups excluding carboxylic acids is 2. The Kier molecular flexibility index (Phi) is 9.11. The summed E-state index contributed by atoms with van der Waals surface area (Å²) in [5, 5.41) is 0. The molecule has 35 heavy (non-hydrogen) atoms. The molecule has 3 rings (SSSR count). The molecular formula is C25H40O7SSi2. The molecule has 0 spiro atoms. The fourth-order valence-corrected chi connectivity index (χ4v) is 17.3. The Morgan fingerprint density at radius 2 is 1.40 bits per heavy atom. The van der Waals surface area contributed by atoms with Crippen molar-refractivity contribution in [2.45, 2.75) is 106 Å². The van der Waals surface area contributed by atoms with Crippen LogP contribution in [0.2, 0.25) is 22.2 Å². The number of Topliss-reactive ketones (excluding diaryl/α,β-unsaturated/α-hetero) is 1. The summed E-state index contributed by atoms with van der Waals surface area (Å²) >= 11 is 1.27. The number of esters is 1. The lowest BCUT2D eigenvalue weighted by Gasteiger charge is -2.45. The minimum atomic E-state index is -3.00. The minimum Gasteiger partial charge on any atom is -0.467 e. The third kappa shape index (κ3) is 5.34. The zero-order valence-electron chi connectivity index (χ0n) is 22.3. The summed E-state index contributed by atoms with van der Waals surface area (Å²) in [7, 11) is -4.67. The van der Waals surface area contributed by atoms with Gasteiger partial charge in [0.2, 0.25) is 5.78 Å². The number of hydrogen-bond acceptors (Lipinski definition) is 8. The summed E-state index contributed by atoms with van der Waals surface area (Å²) in [4.78, 5) is 27.8. The normalized spacial score (nSPS) is 28.3. The van der Waals surface area contributed by atoms with E-state index < -0.39 is 46.8 Å². The maximum atomic E-state index is 13.9. The van der Waals surface area contributed by atoms with E-state index in [1.54, 1.807) is 0 Å². The number of methoxy groups -OCH3 is 1. The van der Waals surface area contributed by atoms with E-state index >= 15 is 0 Å². The van der Waals surface area contributed by atoms with Gasteiger partial charge in [-0.1, -0.05) is 85.4 Å². The Labute approximate surface area is 216 Å². The molecule has 0 bridgehead atoms. The van der Waals surface area contributed by atoms with Gasteiger partial charge in [0.05, 0.1) is 7.11 Å². The van der Waals surface area contributed by atoms with Gasteiger partial charge in [-0.15, -0.1) is 0 Å². The van der Waals surface area contributed by atoms with Crippen LogP contribution in [0, 0.1) is 0 Å². The van der Waals surface area contributed by atoms with E-state index in [4.69, 9.17) is 22.4 Å². The van der Waals surface area contributed by atoms with E-state index in [-0.39, 0.29) is 27.9 Å². The SMILES string of the molecule is COC(=O)[C@H]1O[C@@H](Sc2ccccc2)C(=O)[C@H]2O[Si](C(C)C)(C(C)C)O[Si](C(C)C)(C(C)C)O[C@H]12. The van der Waals surface area contributed by atoms with Crippen molar-refractivity contribution in [2.75, 3.05) is 7.11 Å². The fraction of sp³-hybridized carbons (Fsp3) is 0.680. The van der Waals surface area contributed by atoms with E-state index in [0.29, 0.717) is 0 Å². The second kappa shape index (κ2) is 11.2. The van der Waals surface area contributed by atoms with Crippen LogP contribution in [0.5, 0.6) is 0 Å². The molecule has 0 aromatic heterocycles. The molecule has 0 N–H and O–H groups in total. The monoisotopic (exact) mass is 540 g/mol. The Morgan fingerprint density at radius 3 is 1.89 bits per heavy atom. The van der Waals surface area contributed by atoms with Gasteiger partial charge in [-0.3, -0.25) is 4.79 Å². The number of fused-ring (bicyclic) bond motifs is 1. The van der Waals surface area contributed by atoms with Crippen molar-refractivity contribution in [2.24, 2.45) is 0 Å². The minimum absolute atomic E-state index is 0.0686. The quantitative estimate of drug-likeness (QED) is 0.328. The number of thioether (sulfide) groups is 1. The third-order valence-corrected chi connectivity index (χ3v) is 18.3. The molecule has 0 radical (unpaired) electrons. The molecule has 7 nitrogen and oxygen atoms in total. The van der Waals surface area contributed by atoms with Crippen molar-refractivity contribution < 1.29 is 32.0 Å².